The summed E-state index contributed by atoms with van der Waals surface area (Å²) in [6.45, 7) is 9.02. The van der Waals surface area contributed by atoms with E-state index in [1.165, 1.54) is 30.3 Å². The van der Waals surface area contributed by atoms with Gasteiger partial charge in [-0.05, 0) is 25.1 Å². The SMILES string of the molecule is [C-]#[N+]C(c1cccc([N+](=O)[O-])c1)S(=O)(=O)c1ccc(C)cc1. The van der Waals surface area contributed by atoms with Gasteiger partial charge in [0.25, 0.3) is 15.5 Å². The average molecular weight is 316 g/mol. The first-order valence-corrected chi connectivity index (χ1v) is 7.82. The molecule has 0 aromatic heterocycles. The molecule has 0 saturated heterocycles. The molecule has 112 valence electrons. The Morgan fingerprint density at radius 2 is 1.82 bits per heavy atom. The number of hydrogen-bond acceptors (Lipinski definition) is 4. The minimum absolute atomic E-state index is 0.0191. The van der Waals surface area contributed by atoms with Crippen LogP contribution in [-0.4, -0.2) is 13.3 Å². The lowest BCUT2D eigenvalue weighted by Crippen LogP contribution is -2.11. The van der Waals surface area contributed by atoms with Crippen LogP contribution in [-0.2, 0) is 9.84 Å². The maximum absolute atomic E-state index is 12.6. The molecule has 22 heavy (non-hydrogen) atoms. The predicted octanol–water partition coefficient (Wildman–Crippen LogP) is 3.30. The third kappa shape index (κ3) is 2.97. The van der Waals surface area contributed by atoms with Crippen molar-refractivity contribution >= 4 is 15.5 Å². The maximum Gasteiger partial charge on any atom is 0.350 e. The summed E-state index contributed by atoms with van der Waals surface area (Å²) in [5.41, 5.74) is 0.740. The Morgan fingerprint density at radius 3 is 2.36 bits per heavy atom. The molecule has 0 aliphatic rings. The molecule has 0 aliphatic carbocycles. The van der Waals surface area contributed by atoms with Gasteiger partial charge in [0.1, 0.15) is 0 Å². The highest BCUT2D eigenvalue weighted by Crippen LogP contribution is 2.32. The van der Waals surface area contributed by atoms with Crippen LogP contribution in [0.2, 0.25) is 0 Å². The van der Waals surface area contributed by atoms with Gasteiger partial charge in [-0.3, -0.25) is 15.0 Å². The van der Waals surface area contributed by atoms with E-state index in [0.29, 0.717) is 0 Å². The highest BCUT2D eigenvalue weighted by molar-refractivity contribution is 7.91. The third-order valence-corrected chi connectivity index (χ3v) is 5.02. The smallest absolute Gasteiger partial charge is 0.291 e. The number of benzene rings is 2. The minimum atomic E-state index is -3.94. The molecule has 2 aromatic carbocycles. The largest absolute Gasteiger partial charge is 0.350 e. The van der Waals surface area contributed by atoms with E-state index in [4.69, 9.17) is 6.57 Å². The zero-order chi connectivity index (χ0) is 16.3. The van der Waals surface area contributed by atoms with Crippen LogP contribution in [0.5, 0.6) is 0 Å². The normalized spacial score (nSPS) is 12.4. The van der Waals surface area contributed by atoms with E-state index in [1.54, 1.807) is 12.1 Å². The van der Waals surface area contributed by atoms with E-state index >= 15 is 0 Å². The highest BCUT2D eigenvalue weighted by atomic mass is 32.2. The zero-order valence-corrected chi connectivity index (χ0v) is 12.4. The van der Waals surface area contributed by atoms with E-state index in [-0.39, 0.29) is 16.1 Å². The minimum Gasteiger partial charge on any atom is -0.291 e. The first-order chi connectivity index (χ1) is 10.4. The van der Waals surface area contributed by atoms with Gasteiger partial charge in [0.05, 0.1) is 15.4 Å². The van der Waals surface area contributed by atoms with Crippen LogP contribution in [0.15, 0.2) is 53.4 Å². The standard InChI is InChI=1S/C15H12N2O4S/c1-11-6-8-14(9-7-11)22(20,21)15(16-2)12-4-3-5-13(10-12)17(18)19/h3-10,15H,1H3. The van der Waals surface area contributed by atoms with Crippen LogP contribution in [0.25, 0.3) is 4.85 Å². The Hall–Kier alpha value is -2.72. The Bertz CT molecular complexity index is 852. The summed E-state index contributed by atoms with van der Waals surface area (Å²) in [6.07, 6.45) is 0. The van der Waals surface area contributed by atoms with Gasteiger partial charge >= 0.3 is 5.37 Å². The number of hydrogen-bond donors (Lipinski definition) is 0. The quantitative estimate of drug-likeness (QED) is 0.492. The molecule has 0 amide bonds. The van der Waals surface area contributed by atoms with Crippen molar-refractivity contribution in [2.75, 3.05) is 0 Å². The summed E-state index contributed by atoms with van der Waals surface area (Å²) in [5.74, 6) is 0. The highest BCUT2D eigenvalue weighted by Gasteiger charge is 2.35. The van der Waals surface area contributed by atoms with Crippen molar-refractivity contribution in [2.24, 2.45) is 0 Å². The second-order valence-electron chi connectivity index (χ2n) is 4.69. The van der Waals surface area contributed by atoms with Crippen LogP contribution in [0.1, 0.15) is 16.5 Å². The lowest BCUT2D eigenvalue weighted by atomic mass is 10.2. The summed E-state index contributed by atoms with van der Waals surface area (Å²) >= 11 is 0. The molecule has 0 spiro atoms. The first-order valence-electron chi connectivity index (χ1n) is 6.28. The molecule has 0 radical (unpaired) electrons. The Labute approximate surface area is 127 Å². The molecule has 6 nitrogen and oxygen atoms in total. The second-order valence-corrected chi connectivity index (χ2v) is 6.70. The fourth-order valence-corrected chi connectivity index (χ4v) is 3.39. The van der Waals surface area contributed by atoms with Crippen LogP contribution < -0.4 is 0 Å². The molecule has 0 bridgehead atoms. The van der Waals surface area contributed by atoms with Crippen molar-refractivity contribution in [3.8, 4) is 0 Å². The van der Waals surface area contributed by atoms with Crippen molar-refractivity contribution in [3.63, 3.8) is 0 Å². The molecule has 0 heterocycles. The van der Waals surface area contributed by atoms with Gasteiger partial charge in [0.2, 0.25) is 0 Å². The molecule has 1 atom stereocenters. The van der Waals surface area contributed by atoms with Gasteiger partial charge in [-0.15, -0.1) is 0 Å². The summed E-state index contributed by atoms with van der Waals surface area (Å²) < 4.78 is 25.1. The Kier molecular flexibility index (Phi) is 4.24. The molecule has 2 rings (SSSR count). The van der Waals surface area contributed by atoms with E-state index in [0.717, 1.165) is 11.6 Å². The van der Waals surface area contributed by atoms with Crippen LogP contribution in [0.3, 0.4) is 0 Å². The van der Waals surface area contributed by atoms with Crippen LogP contribution >= 0.6 is 0 Å². The molecular formula is C15H12N2O4S. The lowest BCUT2D eigenvalue weighted by molar-refractivity contribution is -0.384. The molecule has 0 saturated carbocycles. The van der Waals surface area contributed by atoms with Crippen molar-refractivity contribution in [1.29, 1.82) is 0 Å². The number of sulfone groups is 1. The second kappa shape index (κ2) is 5.95. The topological polar surface area (TPSA) is 81.6 Å². The van der Waals surface area contributed by atoms with Gasteiger partial charge < -0.3 is 0 Å². The van der Waals surface area contributed by atoms with Gasteiger partial charge in [0.15, 0.2) is 0 Å². The van der Waals surface area contributed by atoms with Crippen molar-refractivity contribution < 1.29 is 13.3 Å². The molecule has 7 heteroatoms. The van der Waals surface area contributed by atoms with E-state index in [9.17, 15) is 18.5 Å². The van der Waals surface area contributed by atoms with Crippen LogP contribution in [0, 0.1) is 23.6 Å². The fraction of sp³-hybridized carbons (Fsp3) is 0.133. The molecule has 2 aromatic rings. The summed E-state index contributed by atoms with van der Waals surface area (Å²) in [4.78, 5) is 13.4. The van der Waals surface area contributed by atoms with E-state index < -0.39 is 20.1 Å². The van der Waals surface area contributed by atoms with Crippen molar-refractivity contribution in [2.45, 2.75) is 17.2 Å². The molecule has 0 fully saturated rings. The molecular weight excluding hydrogens is 304 g/mol. The van der Waals surface area contributed by atoms with Gasteiger partial charge in [-0.2, -0.15) is 0 Å². The lowest BCUT2D eigenvalue weighted by Gasteiger charge is -2.08. The number of aryl methyl sites for hydroxylation is 1. The summed E-state index contributed by atoms with van der Waals surface area (Å²) in [5, 5.41) is 9.30. The number of rotatable bonds is 4. The maximum atomic E-state index is 12.6. The van der Waals surface area contributed by atoms with Crippen molar-refractivity contribution in [1.82, 2.24) is 0 Å². The summed E-state index contributed by atoms with van der Waals surface area (Å²) in [7, 11) is -3.94. The number of nitro groups is 1. The average Bonchev–Trinajstić information content (AvgIpc) is 2.48. The molecule has 0 aliphatic heterocycles. The van der Waals surface area contributed by atoms with E-state index in [2.05, 4.69) is 4.85 Å². The molecule has 0 N–H and O–H groups in total. The van der Waals surface area contributed by atoms with Gasteiger partial charge in [0, 0.05) is 12.1 Å². The van der Waals surface area contributed by atoms with Gasteiger partial charge in [-0.25, -0.2) is 15.0 Å². The zero-order valence-electron chi connectivity index (χ0n) is 11.6. The monoisotopic (exact) mass is 316 g/mol. The Morgan fingerprint density at radius 1 is 1.18 bits per heavy atom. The Balaban J connectivity index is 2.52. The fourth-order valence-electron chi connectivity index (χ4n) is 1.97. The summed E-state index contributed by atoms with van der Waals surface area (Å²) in [6, 6.07) is 11.3. The first kappa shape index (κ1) is 15.7. The number of non-ortho nitro benzene ring substituents is 1. The third-order valence-electron chi connectivity index (χ3n) is 3.13. The number of nitro benzene ring substituents is 1. The molecule has 1 unspecified atom stereocenters. The van der Waals surface area contributed by atoms with E-state index in [1.807, 2.05) is 6.92 Å². The van der Waals surface area contributed by atoms with Crippen LogP contribution in [0.4, 0.5) is 5.69 Å². The number of nitrogens with zero attached hydrogens (tertiary/aromatic N) is 2. The van der Waals surface area contributed by atoms with Crippen molar-refractivity contribution in [3.05, 3.63) is 81.2 Å². The predicted molar refractivity (Wildman–Crippen MR) is 80.8 cm³/mol. The van der Waals surface area contributed by atoms with Gasteiger partial charge in [-0.1, -0.05) is 23.8 Å².